The molecular formula is C7H7BrFZn-. The summed E-state index contributed by atoms with van der Waals surface area (Å²) in [6.45, 7) is 0.583. The third-order valence-electron chi connectivity index (χ3n) is 0.926. The van der Waals surface area contributed by atoms with Crippen LogP contribution in [0.1, 0.15) is 5.56 Å². The topological polar surface area (TPSA) is 0 Å². The molecule has 0 aliphatic rings. The smallest absolute Gasteiger partial charge is 0 e. The quantitative estimate of drug-likeness (QED) is 0.535. The number of halogens is 2. The zero-order valence-electron chi connectivity index (χ0n) is 5.46. The van der Waals surface area contributed by atoms with Crippen LogP contribution in [0, 0.1) is 6.67 Å². The third kappa shape index (κ3) is 4.02. The second kappa shape index (κ2) is 7.23. The van der Waals surface area contributed by atoms with E-state index in [0.717, 1.165) is 0 Å². The van der Waals surface area contributed by atoms with Crippen LogP contribution in [0.3, 0.4) is 0 Å². The molecule has 0 saturated carbocycles. The molecule has 1 rings (SSSR count). The van der Waals surface area contributed by atoms with Gasteiger partial charge in [-0.1, -0.05) is 6.07 Å². The fourth-order valence-electron chi connectivity index (χ4n) is 0.526. The molecule has 0 fully saturated rings. The molecule has 0 amide bonds. The number of rotatable bonds is 1. The summed E-state index contributed by atoms with van der Waals surface area (Å²) in [5.41, 5.74) is 0.618. The summed E-state index contributed by atoms with van der Waals surface area (Å²) in [7, 11) is 0. The van der Waals surface area contributed by atoms with E-state index in [9.17, 15) is 4.39 Å². The standard InChI is InChI=1S/C7H6F.BrH.Zn/c8-6-7-4-2-1-3-5-7;;/h1-6H;1H;/q-1;;. The van der Waals surface area contributed by atoms with E-state index in [1.165, 1.54) is 0 Å². The van der Waals surface area contributed by atoms with Crippen molar-refractivity contribution in [3.8, 4) is 0 Å². The number of hydrogen-bond acceptors (Lipinski definition) is 0. The fourth-order valence-corrected chi connectivity index (χ4v) is 0.526. The minimum atomic E-state index is 0. The van der Waals surface area contributed by atoms with Gasteiger partial charge in [-0.3, -0.25) is 4.39 Å². The minimum absolute atomic E-state index is 0. The van der Waals surface area contributed by atoms with Crippen LogP contribution in [0.5, 0.6) is 0 Å². The average molecular weight is 255 g/mol. The maximum absolute atomic E-state index is 11.6. The van der Waals surface area contributed by atoms with Gasteiger partial charge < -0.3 is 0 Å². The van der Waals surface area contributed by atoms with Crippen molar-refractivity contribution >= 4 is 17.0 Å². The molecule has 0 aromatic heterocycles. The van der Waals surface area contributed by atoms with E-state index in [4.69, 9.17) is 0 Å². The Morgan fingerprint density at radius 3 is 1.90 bits per heavy atom. The molecule has 0 bridgehead atoms. The minimum Gasteiger partial charge on any atom is -0.292 e. The van der Waals surface area contributed by atoms with Gasteiger partial charge in [-0.05, 0) is 6.67 Å². The molecule has 3 heteroatoms. The summed E-state index contributed by atoms with van der Waals surface area (Å²) in [4.78, 5) is 0. The van der Waals surface area contributed by atoms with E-state index in [2.05, 4.69) is 0 Å². The van der Waals surface area contributed by atoms with Gasteiger partial charge in [-0.15, -0.1) is 29.1 Å². The summed E-state index contributed by atoms with van der Waals surface area (Å²) < 4.78 is 11.6. The zero-order valence-corrected chi connectivity index (χ0v) is 10.1. The maximum Gasteiger partial charge on any atom is 0 e. The van der Waals surface area contributed by atoms with Gasteiger partial charge in [-0.25, -0.2) is 0 Å². The van der Waals surface area contributed by atoms with E-state index in [0.29, 0.717) is 12.2 Å². The van der Waals surface area contributed by atoms with E-state index >= 15 is 0 Å². The molecule has 0 radical (unpaired) electrons. The van der Waals surface area contributed by atoms with Crippen molar-refractivity contribution in [2.45, 2.75) is 0 Å². The van der Waals surface area contributed by atoms with Crippen LogP contribution >= 0.6 is 17.0 Å². The van der Waals surface area contributed by atoms with Crippen molar-refractivity contribution < 1.29 is 23.9 Å². The molecule has 52 valence electrons. The number of hydrogen-bond donors (Lipinski definition) is 0. The average Bonchev–Trinajstić information content (AvgIpc) is 1.90. The van der Waals surface area contributed by atoms with Crippen molar-refractivity contribution in [1.29, 1.82) is 0 Å². The first-order valence-electron chi connectivity index (χ1n) is 2.42. The molecule has 1 aromatic rings. The van der Waals surface area contributed by atoms with Crippen molar-refractivity contribution in [3.63, 3.8) is 0 Å². The molecule has 0 aliphatic heterocycles. The normalized spacial score (nSPS) is 6.90. The summed E-state index contributed by atoms with van der Waals surface area (Å²) >= 11 is 0. The Kier molecular flexibility index (Phi) is 9.24. The maximum atomic E-state index is 11.6. The molecule has 0 atom stereocenters. The van der Waals surface area contributed by atoms with Crippen molar-refractivity contribution in [1.82, 2.24) is 0 Å². The molecular weight excluding hydrogens is 248 g/mol. The van der Waals surface area contributed by atoms with Crippen LogP contribution in [0.15, 0.2) is 30.3 Å². The van der Waals surface area contributed by atoms with Crippen molar-refractivity contribution in [2.24, 2.45) is 0 Å². The molecule has 0 heterocycles. The SMILES string of the molecule is Br.F[CH-]c1ccccc1.[Zn]. The fraction of sp³-hybridized carbons (Fsp3) is 0. The van der Waals surface area contributed by atoms with Crippen LogP contribution in [0.25, 0.3) is 0 Å². The van der Waals surface area contributed by atoms with Gasteiger partial charge in [0.05, 0.1) is 0 Å². The molecule has 1 aromatic carbocycles. The Morgan fingerprint density at radius 2 is 1.60 bits per heavy atom. The van der Waals surface area contributed by atoms with Crippen LogP contribution < -0.4 is 0 Å². The first-order valence-corrected chi connectivity index (χ1v) is 2.42. The van der Waals surface area contributed by atoms with Crippen molar-refractivity contribution in [3.05, 3.63) is 42.6 Å². The van der Waals surface area contributed by atoms with Crippen LogP contribution in [-0.2, 0) is 19.5 Å². The predicted molar refractivity (Wildman–Crippen MR) is 41.3 cm³/mol. The summed E-state index contributed by atoms with van der Waals surface area (Å²) in [5.74, 6) is 0. The molecule has 0 spiro atoms. The Hall–Kier alpha value is 0.123. The molecule has 0 aliphatic carbocycles. The second-order valence-electron chi connectivity index (χ2n) is 1.52. The Balaban J connectivity index is 0. The Morgan fingerprint density at radius 1 is 1.10 bits per heavy atom. The monoisotopic (exact) mass is 253 g/mol. The zero-order chi connectivity index (χ0) is 5.82. The van der Waals surface area contributed by atoms with Gasteiger partial charge >= 0.3 is 0 Å². The van der Waals surface area contributed by atoms with Gasteiger partial charge in [0.1, 0.15) is 0 Å². The molecule has 0 saturated heterocycles. The van der Waals surface area contributed by atoms with Crippen LogP contribution in [-0.4, -0.2) is 0 Å². The molecule has 0 nitrogen and oxygen atoms in total. The van der Waals surface area contributed by atoms with Crippen LogP contribution in [0.4, 0.5) is 4.39 Å². The third-order valence-corrected chi connectivity index (χ3v) is 0.926. The first kappa shape index (κ1) is 12.8. The molecule has 10 heavy (non-hydrogen) atoms. The molecule has 0 N–H and O–H groups in total. The van der Waals surface area contributed by atoms with Gasteiger partial charge in [0, 0.05) is 19.5 Å². The number of benzene rings is 1. The first-order chi connectivity index (χ1) is 3.93. The van der Waals surface area contributed by atoms with Gasteiger partial charge in [0.15, 0.2) is 0 Å². The Labute approximate surface area is 83.4 Å². The largest absolute Gasteiger partial charge is 0.292 e. The van der Waals surface area contributed by atoms with E-state index in [1.807, 2.05) is 6.07 Å². The second-order valence-corrected chi connectivity index (χ2v) is 1.52. The van der Waals surface area contributed by atoms with Gasteiger partial charge in [0.2, 0.25) is 0 Å². The van der Waals surface area contributed by atoms with Crippen molar-refractivity contribution in [2.75, 3.05) is 0 Å². The van der Waals surface area contributed by atoms with E-state index in [1.54, 1.807) is 24.3 Å². The Bertz CT molecular complexity index is 155. The van der Waals surface area contributed by atoms with E-state index in [-0.39, 0.29) is 36.5 Å². The molecule has 0 unspecified atom stereocenters. The van der Waals surface area contributed by atoms with Gasteiger partial charge in [-0.2, -0.15) is 17.7 Å². The summed E-state index contributed by atoms with van der Waals surface area (Å²) in [6.07, 6.45) is 0. The van der Waals surface area contributed by atoms with Gasteiger partial charge in [0.25, 0.3) is 0 Å². The summed E-state index contributed by atoms with van der Waals surface area (Å²) in [6, 6.07) is 8.86. The van der Waals surface area contributed by atoms with Crippen LogP contribution in [0.2, 0.25) is 0 Å². The van der Waals surface area contributed by atoms with E-state index < -0.39 is 0 Å². The summed E-state index contributed by atoms with van der Waals surface area (Å²) in [5, 5.41) is 0. The predicted octanol–water partition coefficient (Wildman–Crippen LogP) is 2.74.